The van der Waals surface area contributed by atoms with Crippen molar-refractivity contribution in [2.24, 2.45) is 0 Å². The molecule has 0 saturated carbocycles. The Kier molecular flexibility index (Phi) is 4.70. The van der Waals surface area contributed by atoms with E-state index in [1.54, 1.807) is 23.5 Å². The lowest BCUT2D eigenvalue weighted by Gasteiger charge is -1.95. The summed E-state index contributed by atoms with van der Waals surface area (Å²) in [6, 6.07) is 0. The average molecular weight is 278 g/mol. The van der Waals surface area contributed by atoms with Gasteiger partial charge >= 0.3 is 0 Å². The SMILES string of the molecule is C(CSc1nnns1)CSc1nnns1. The lowest BCUT2D eigenvalue weighted by molar-refractivity contribution is 0.912. The van der Waals surface area contributed by atoms with E-state index in [1.165, 1.54) is 23.1 Å². The molecule has 0 aliphatic heterocycles. The topological polar surface area (TPSA) is 77.3 Å². The summed E-state index contributed by atoms with van der Waals surface area (Å²) in [7, 11) is 0. The highest BCUT2D eigenvalue weighted by Gasteiger charge is 2.01. The number of hydrogen-bond donors (Lipinski definition) is 0. The van der Waals surface area contributed by atoms with Gasteiger partial charge in [0.25, 0.3) is 0 Å². The van der Waals surface area contributed by atoms with Gasteiger partial charge < -0.3 is 0 Å². The Labute approximate surface area is 103 Å². The zero-order valence-corrected chi connectivity index (χ0v) is 10.7. The molecule has 10 heteroatoms. The monoisotopic (exact) mass is 278 g/mol. The molecule has 80 valence electrons. The van der Waals surface area contributed by atoms with Gasteiger partial charge in [-0.2, -0.15) is 0 Å². The molecule has 0 fully saturated rings. The summed E-state index contributed by atoms with van der Waals surface area (Å²) < 4.78 is 9.24. The van der Waals surface area contributed by atoms with Gasteiger partial charge in [-0.3, -0.25) is 0 Å². The summed E-state index contributed by atoms with van der Waals surface area (Å²) in [6.07, 6.45) is 1.09. The van der Waals surface area contributed by atoms with Gasteiger partial charge in [0.2, 0.25) is 0 Å². The minimum Gasteiger partial charge on any atom is -0.110 e. The third-order valence-corrected chi connectivity index (χ3v) is 4.89. The smallest absolute Gasteiger partial charge is 0.110 e. The second kappa shape index (κ2) is 6.30. The fraction of sp³-hybridized carbons (Fsp3) is 0.600. The lowest BCUT2D eigenvalue weighted by atomic mass is 10.6. The molecule has 0 atom stereocenters. The lowest BCUT2D eigenvalue weighted by Crippen LogP contribution is -1.84. The quantitative estimate of drug-likeness (QED) is 0.580. The van der Waals surface area contributed by atoms with E-state index in [9.17, 15) is 0 Å². The molecule has 0 aliphatic rings. The van der Waals surface area contributed by atoms with Gasteiger partial charge in [0.05, 0.1) is 0 Å². The van der Waals surface area contributed by atoms with Crippen molar-refractivity contribution >= 4 is 46.6 Å². The van der Waals surface area contributed by atoms with Gasteiger partial charge in [-0.05, 0) is 16.8 Å². The second-order valence-electron chi connectivity index (χ2n) is 2.31. The molecule has 0 saturated heterocycles. The van der Waals surface area contributed by atoms with Crippen LogP contribution >= 0.6 is 46.6 Å². The second-order valence-corrected chi connectivity index (χ2v) is 6.46. The van der Waals surface area contributed by atoms with Gasteiger partial charge in [0, 0.05) is 34.6 Å². The van der Waals surface area contributed by atoms with Crippen molar-refractivity contribution in [1.82, 2.24) is 29.6 Å². The van der Waals surface area contributed by atoms with E-state index in [-0.39, 0.29) is 0 Å². The molecular weight excluding hydrogens is 272 g/mol. The van der Waals surface area contributed by atoms with E-state index in [2.05, 4.69) is 29.6 Å². The van der Waals surface area contributed by atoms with E-state index in [4.69, 9.17) is 0 Å². The first-order chi connectivity index (χ1) is 7.45. The van der Waals surface area contributed by atoms with Crippen molar-refractivity contribution in [3.05, 3.63) is 0 Å². The van der Waals surface area contributed by atoms with Gasteiger partial charge in [-0.1, -0.05) is 32.5 Å². The Morgan fingerprint density at radius 2 is 1.40 bits per heavy atom. The Hall–Kier alpha value is -0.320. The minimum atomic E-state index is 0.928. The third kappa shape index (κ3) is 3.97. The minimum absolute atomic E-state index is 0.928. The van der Waals surface area contributed by atoms with Crippen LogP contribution in [0.3, 0.4) is 0 Å². The standard InChI is InChI=1S/C5H6N6S4/c1(2-12-4-6-8-10-14-4)3-13-5-7-9-11-15-5/h1-3H2. The predicted molar refractivity (Wildman–Crippen MR) is 61.5 cm³/mol. The fourth-order valence-electron chi connectivity index (χ4n) is 0.741. The number of rotatable bonds is 6. The van der Waals surface area contributed by atoms with Crippen LogP contribution in [0.4, 0.5) is 0 Å². The third-order valence-electron chi connectivity index (χ3n) is 1.30. The molecule has 6 nitrogen and oxygen atoms in total. The van der Waals surface area contributed by atoms with Crippen molar-refractivity contribution in [1.29, 1.82) is 0 Å². The number of nitrogens with zero attached hydrogens (tertiary/aromatic N) is 6. The molecule has 2 rings (SSSR count). The maximum Gasteiger partial charge on any atom is 0.194 e. The molecule has 0 bridgehead atoms. The van der Waals surface area contributed by atoms with Crippen molar-refractivity contribution in [3.63, 3.8) is 0 Å². The van der Waals surface area contributed by atoms with Gasteiger partial charge in [0.1, 0.15) is 0 Å². The van der Waals surface area contributed by atoms with Crippen molar-refractivity contribution in [2.45, 2.75) is 15.1 Å². The zero-order chi connectivity index (χ0) is 10.3. The van der Waals surface area contributed by atoms with Crippen LogP contribution in [-0.2, 0) is 0 Å². The molecule has 0 radical (unpaired) electrons. The Morgan fingerprint density at radius 3 is 1.80 bits per heavy atom. The largest absolute Gasteiger partial charge is 0.194 e. The Bertz CT molecular complexity index is 325. The van der Waals surface area contributed by atoms with Crippen LogP contribution in [0.2, 0.25) is 0 Å². The normalized spacial score (nSPS) is 10.7. The van der Waals surface area contributed by atoms with Crippen LogP contribution < -0.4 is 0 Å². The van der Waals surface area contributed by atoms with E-state index in [1.807, 2.05) is 0 Å². The van der Waals surface area contributed by atoms with Crippen LogP contribution in [0.5, 0.6) is 0 Å². The maximum atomic E-state index is 3.85. The highest BCUT2D eigenvalue weighted by atomic mass is 32.2. The molecule has 2 aromatic heterocycles. The first kappa shape index (κ1) is 11.2. The van der Waals surface area contributed by atoms with Crippen LogP contribution in [0.15, 0.2) is 8.68 Å². The highest BCUT2D eigenvalue weighted by Crippen LogP contribution is 2.22. The summed E-state index contributed by atoms with van der Waals surface area (Å²) >= 11 is 6.03. The summed E-state index contributed by atoms with van der Waals surface area (Å²) in [5, 5.41) is 14.8. The summed E-state index contributed by atoms with van der Waals surface area (Å²) in [6.45, 7) is 0. The molecule has 0 amide bonds. The van der Waals surface area contributed by atoms with Crippen molar-refractivity contribution in [3.8, 4) is 0 Å². The average Bonchev–Trinajstić information content (AvgIpc) is 2.88. The van der Waals surface area contributed by atoms with Crippen LogP contribution in [-0.4, -0.2) is 41.1 Å². The summed E-state index contributed by atoms with van der Waals surface area (Å²) in [5.41, 5.74) is 0. The van der Waals surface area contributed by atoms with E-state index < -0.39 is 0 Å². The molecule has 2 heterocycles. The van der Waals surface area contributed by atoms with Crippen LogP contribution in [0, 0.1) is 0 Å². The molecule has 0 unspecified atom stereocenters. The number of thioether (sulfide) groups is 2. The van der Waals surface area contributed by atoms with E-state index >= 15 is 0 Å². The van der Waals surface area contributed by atoms with Gasteiger partial charge in [-0.15, -0.1) is 10.2 Å². The van der Waals surface area contributed by atoms with Crippen LogP contribution in [0.25, 0.3) is 0 Å². The summed E-state index contributed by atoms with van der Waals surface area (Å²) in [5.74, 6) is 2.05. The fourth-order valence-corrected chi connectivity index (χ4v) is 3.59. The summed E-state index contributed by atoms with van der Waals surface area (Å²) in [4.78, 5) is 0. The molecule has 15 heavy (non-hydrogen) atoms. The van der Waals surface area contributed by atoms with E-state index in [0.29, 0.717) is 0 Å². The van der Waals surface area contributed by atoms with Gasteiger partial charge in [0.15, 0.2) is 8.68 Å². The molecular formula is C5H6N6S4. The molecule has 0 N–H and O–H groups in total. The van der Waals surface area contributed by atoms with E-state index in [0.717, 1.165) is 26.6 Å². The predicted octanol–water partition coefficient (Wildman–Crippen LogP) is 1.45. The Morgan fingerprint density at radius 1 is 0.867 bits per heavy atom. The molecule has 0 aromatic carbocycles. The maximum absolute atomic E-state index is 3.85. The number of aromatic nitrogens is 6. The molecule has 0 spiro atoms. The number of hydrogen-bond acceptors (Lipinski definition) is 10. The first-order valence-corrected chi connectivity index (χ1v) is 7.52. The van der Waals surface area contributed by atoms with Gasteiger partial charge in [-0.25, -0.2) is 0 Å². The van der Waals surface area contributed by atoms with Crippen molar-refractivity contribution in [2.75, 3.05) is 11.5 Å². The van der Waals surface area contributed by atoms with Crippen LogP contribution in [0.1, 0.15) is 6.42 Å². The molecule has 0 aliphatic carbocycles. The zero-order valence-electron chi connectivity index (χ0n) is 7.44. The van der Waals surface area contributed by atoms with Crippen molar-refractivity contribution < 1.29 is 0 Å². The first-order valence-electron chi connectivity index (χ1n) is 4.01. The Balaban J connectivity index is 1.56. The highest BCUT2D eigenvalue weighted by molar-refractivity contribution is 8.01. The molecule has 2 aromatic rings.